The van der Waals surface area contributed by atoms with Crippen LogP contribution in [0.5, 0.6) is 0 Å². The van der Waals surface area contributed by atoms with E-state index in [4.69, 9.17) is 5.26 Å². The number of nitrogens with zero attached hydrogens (tertiary/aromatic N) is 3. The lowest BCUT2D eigenvalue weighted by atomic mass is 10.2. The molecule has 0 saturated heterocycles. The molecule has 0 aliphatic carbocycles. The van der Waals surface area contributed by atoms with Gasteiger partial charge in [-0.25, -0.2) is 0 Å². The molecule has 3 aromatic rings. The number of carbonyl (C=O) groups excluding carboxylic acids is 1. The molecule has 0 spiro atoms. The minimum absolute atomic E-state index is 0.159. The second-order valence-electron chi connectivity index (χ2n) is 5.39. The number of thioether (sulfide) groups is 1. The number of rotatable bonds is 6. The van der Waals surface area contributed by atoms with E-state index in [1.54, 1.807) is 24.3 Å². The topological polar surface area (TPSA) is 90.7 Å². The van der Waals surface area contributed by atoms with E-state index in [1.165, 1.54) is 28.7 Å². The number of carbonyl (C=O) groups is 1. The highest BCUT2D eigenvalue weighted by Gasteiger charge is 2.09. The maximum Gasteiger partial charge on any atom is 0.234 e. The van der Waals surface area contributed by atoms with Gasteiger partial charge in [0.05, 0.1) is 17.4 Å². The summed E-state index contributed by atoms with van der Waals surface area (Å²) in [4.78, 5) is 12.0. The third-order valence-electron chi connectivity index (χ3n) is 3.31. The number of amides is 1. The van der Waals surface area contributed by atoms with Crippen molar-refractivity contribution >= 4 is 45.5 Å². The standard InChI is InChI=1S/C18H15N5OS2/c1-12-5-7-14(8-6-12)21-17-22-23-18(26-17)25-11-16(24)20-15-4-2-3-13(9-15)10-19/h2-9H,11H2,1H3,(H,20,24)(H,21,22). The van der Waals surface area contributed by atoms with E-state index in [2.05, 4.69) is 20.8 Å². The minimum atomic E-state index is -0.159. The highest BCUT2D eigenvalue weighted by molar-refractivity contribution is 8.01. The Morgan fingerprint density at radius 1 is 1.19 bits per heavy atom. The van der Waals surface area contributed by atoms with Gasteiger partial charge in [0, 0.05) is 11.4 Å². The molecular weight excluding hydrogens is 366 g/mol. The van der Waals surface area contributed by atoms with Crippen LogP contribution in [0.25, 0.3) is 0 Å². The summed E-state index contributed by atoms with van der Waals surface area (Å²) in [5, 5.41) is 23.7. The van der Waals surface area contributed by atoms with Gasteiger partial charge in [0.1, 0.15) is 0 Å². The SMILES string of the molecule is Cc1ccc(Nc2nnc(SCC(=O)Nc3cccc(C#N)c3)s2)cc1. The van der Waals surface area contributed by atoms with Crippen LogP contribution in [0.3, 0.4) is 0 Å². The zero-order chi connectivity index (χ0) is 18.4. The van der Waals surface area contributed by atoms with Crippen LogP contribution in [0.15, 0.2) is 52.9 Å². The van der Waals surface area contributed by atoms with Crippen molar-refractivity contribution in [3.05, 3.63) is 59.7 Å². The van der Waals surface area contributed by atoms with Crippen molar-refractivity contribution in [2.75, 3.05) is 16.4 Å². The molecule has 130 valence electrons. The maximum atomic E-state index is 12.0. The number of hydrogen-bond donors (Lipinski definition) is 2. The van der Waals surface area contributed by atoms with E-state index in [1.807, 2.05) is 37.3 Å². The molecule has 0 aliphatic rings. The fourth-order valence-electron chi connectivity index (χ4n) is 2.07. The lowest BCUT2D eigenvalue weighted by Gasteiger charge is -2.04. The Hall–Kier alpha value is -2.89. The summed E-state index contributed by atoms with van der Waals surface area (Å²) in [6, 6.07) is 16.8. The van der Waals surface area contributed by atoms with Crippen LogP contribution in [0.4, 0.5) is 16.5 Å². The molecule has 6 nitrogen and oxygen atoms in total. The highest BCUT2D eigenvalue weighted by atomic mass is 32.2. The van der Waals surface area contributed by atoms with E-state index in [9.17, 15) is 4.79 Å². The van der Waals surface area contributed by atoms with E-state index in [0.29, 0.717) is 20.7 Å². The van der Waals surface area contributed by atoms with Gasteiger partial charge < -0.3 is 10.6 Å². The molecule has 3 rings (SSSR count). The quantitative estimate of drug-likeness (QED) is 0.622. The lowest BCUT2D eigenvalue weighted by molar-refractivity contribution is -0.113. The van der Waals surface area contributed by atoms with Gasteiger partial charge in [-0.3, -0.25) is 4.79 Å². The van der Waals surface area contributed by atoms with Crippen LogP contribution in [-0.2, 0) is 4.79 Å². The summed E-state index contributed by atoms with van der Waals surface area (Å²) in [5.41, 5.74) is 3.24. The molecule has 8 heteroatoms. The van der Waals surface area contributed by atoms with Crippen molar-refractivity contribution in [3.8, 4) is 6.07 Å². The molecule has 0 atom stereocenters. The van der Waals surface area contributed by atoms with E-state index >= 15 is 0 Å². The number of hydrogen-bond acceptors (Lipinski definition) is 7. The normalized spacial score (nSPS) is 10.2. The Labute approximate surface area is 159 Å². The number of aromatic nitrogens is 2. The molecule has 0 fully saturated rings. The first-order valence-corrected chi connectivity index (χ1v) is 9.52. The first-order chi connectivity index (χ1) is 12.6. The molecule has 1 heterocycles. The molecule has 0 unspecified atom stereocenters. The Morgan fingerprint density at radius 2 is 2.00 bits per heavy atom. The van der Waals surface area contributed by atoms with E-state index in [-0.39, 0.29) is 11.7 Å². The van der Waals surface area contributed by atoms with Crippen molar-refractivity contribution in [2.24, 2.45) is 0 Å². The first-order valence-electron chi connectivity index (χ1n) is 7.72. The Bertz CT molecular complexity index is 947. The summed E-state index contributed by atoms with van der Waals surface area (Å²) < 4.78 is 0.709. The fraction of sp³-hybridized carbons (Fsp3) is 0.111. The van der Waals surface area contributed by atoms with Crippen LogP contribution in [0.2, 0.25) is 0 Å². The summed E-state index contributed by atoms with van der Waals surface area (Å²) in [6.45, 7) is 2.03. The fourth-order valence-corrected chi connectivity index (χ4v) is 3.64. The van der Waals surface area contributed by atoms with Gasteiger partial charge in [-0.2, -0.15) is 5.26 Å². The van der Waals surface area contributed by atoms with Crippen molar-refractivity contribution in [1.82, 2.24) is 10.2 Å². The maximum absolute atomic E-state index is 12.0. The summed E-state index contributed by atoms with van der Waals surface area (Å²) in [7, 11) is 0. The average Bonchev–Trinajstić information content (AvgIpc) is 3.09. The van der Waals surface area contributed by atoms with Crippen LogP contribution in [0, 0.1) is 18.3 Å². The third-order valence-corrected chi connectivity index (χ3v) is 5.28. The van der Waals surface area contributed by atoms with Crippen molar-refractivity contribution in [2.45, 2.75) is 11.3 Å². The zero-order valence-electron chi connectivity index (χ0n) is 13.9. The summed E-state index contributed by atoms with van der Waals surface area (Å²) in [6.07, 6.45) is 0. The number of aryl methyl sites for hydroxylation is 1. The zero-order valence-corrected chi connectivity index (χ0v) is 15.5. The predicted octanol–water partition coefficient (Wildman–Crippen LogP) is 4.19. The second kappa shape index (κ2) is 8.47. The van der Waals surface area contributed by atoms with Gasteiger partial charge in [0.25, 0.3) is 0 Å². The monoisotopic (exact) mass is 381 g/mol. The first kappa shape index (κ1) is 17.9. The number of anilines is 3. The Morgan fingerprint density at radius 3 is 2.77 bits per heavy atom. The second-order valence-corrected chi connectivity index (χ2v) is 7.59. The van der Waals surface area contributed by atoms with Crippen LogP contribution in [-0.4, -0.2) is 21.9 Å². The molecular formula is C18H15N5OS2. The van der Waals surface area contributed by atoms with Crippen LogP contribution < -0.4 is 10.6 Å². The number of nitrogens with one attached hydrogen (secondary N) is 2. The lowest BCUT2D eigenvalue weighted by Crippen LogP contribution is -2.13. The highest BCUT2D eigenvalue weighted by Crippen LogP contribution is 2.27. The van der Waals surface area contributed by atoms with Crippen LogP contribution in [0.1, 0.15) is 11.1 Å². The van der Waals surface area contributed by atoms with Gasteiger partial charge in [0.2, 0.25) is 11.0 Å². The van der Waals surface area contributed by atoms with Crippen molar-refractivity contribution < 1.29 is 4.79 Å². The summed E-state index contributed by atoms with van der Waals surface area (Å²) in [5.74, 6) is 0.0593. The van der Waals surface area contributed by atoms with E-state index < -0.39 is 0 Å². The minimum Gasteiger partial charge on any atom is -0.330 e. The molecule has 2 N–H and O–H groups in total. The smallest absolute Gasteiger partial charge is 0.234 e. The van der Waals surface area contributed by atoms with Gasteiger partial charge in [-0.05, 0) is 37.3 Å². The van der Waals surface area contributed by atoms with Crippen molar-refractivity contribution in [1.29, 1.82) is 5.26 Å². The number of benzene rings is 2. The molecule has 0 radical (unpaired) electrons. The molecule has 0 saturated carbocycles. The van der Waals surface area contributed by atoms with Crippen molar-refractivity contribution in [3.63, 3.8) is 0 Å². The Balaban J connectivity index is 1.51. The largest absolute Gasteiger partial charge is 0.330 e. The van der Waals surface area contributed by atoms with Crippen LogP contribution >= 0.6 is 23.1 Å². The van der Waals surface area contributed by atoms with Gasteiger partial charge in [0.15, 0.2) is 4.34 Å². The van der Waals surface area contributed by atoms with E-state index in [0.717, 1.165) is 5.69 Å². The number of nitriles is 1. The molecule has 0 bridgehead atoms. The third kappa shape index (κ3) is 5.05. The van der Waals surface area contributed by atoms with Gasteiger partial charge >= 0.3 is 0 Å². The average molecular weight is 381 g/mol. The molecule has 0 aliphatic heterocycles. The molecule has 1 aromatic heterocycles. The molecule has 2 aromatic carbocycles. The predicted molar refractivity (Wildman–Crippen MR) is 105 cm³/mol. The van der Waals surface area contributed by atoms with Gasteiger partial charge in [-0.1, -0.05) is 46.9 Å². The Kier molecular flexibility index (Phi) is 5.84. The molecule has 26 heavy (non-hydrogen) atoms. The molecule has 1 amide bonds. The van der Waals surface area contributed by atoms with Gasteiger partial charge in [-0.15, -0.1) is 10.2 Å². The summed E-state index contributed by atoms with van der Waals surface area (Å²) >= 11 is 2.71.